The molecule has 0 radical (unpaired) electrons. The number of pyridine rings is 1. The highest BCUT2D eigenvalue weighted by Gasteiger charge is 2.23. The maximum Gasteiger partial charge on any atom is 0.319 e. The van der Waals surface area contributed by atoms with Crippen molar-refractivity contribution in [1.29, 1.82) is 0 Å². The number of anilines is 1. The Kier molecular flexibility index (Phi) is 7.30. The van der Waals surface area contributed by atoms with Crippen LogP contribution in [0.15, 0.2) is 42.6 Å². The minimum Gasteiger partial charge on any atom is -0.496 e. The van der Waals surface area contributed by atoms with Gasteiger partial charge in [0.25, 0.3) is 5.91 Å². The zero-order valence-corrected chi connectivity index (χ0v) is 21.1. The Labute approximate surface area is 209 Å². The number of amides is 3. The monoisotopic (exact) mass is 512 g/mol. The summed E-state index contributed by atoms with van der Waals surface area (Å²) < 4.78 is 34.3. The van der Waals surface area contributed by atoms with Gasteiger partial charge in [-0.2, -0.15) is 0 Å². The smallest absolute Gasteiger partial charge is 0.319 e. The largest absolute Gasteiger partial charge is 0.496 e. The van der Waals surface area contributed by atoms with Crippen molar-refractivity contribution in [3.05, 3.63) is 53.7 Å². The summed E-state index contributed by atoms with van der Waals surface area (Å²) >= 11 is 0. The summed E-state index contributed by atoms with van der Waals surface area (Å²) in [5.41, 5.74) is 2.29. The molecule has 1 aromatic heterocycles. The maximum absolute atomic E-state index is 12.8. The fourth-order valence-electron chi connectivity index (χ4n) is 3.57. The lowest BCUT2D eigenvalue weighted by Gasteiger charge is -2.14. The van der Waals surface area contributed by atoms with Crippen LogP contribution in [0.5, 0.6) is 17.2 Å². The number of ether oxygens (including phenoxy) is 2. The first-order chi connectivity index (χ1) is 17.1. The van der Waals surface area contributed by atoms with E-state index < -0.39 is 15.7 Å². The number of nitrogens with zero attached hydrogens (tertiary/aromatic N) is 1. The van der Waals surface area contributed by atoms with Crippen LogP contribution in [0.1, 0.15) is 28.8 Å². The van der Waals surface area contributed by atoms with Crippen LogP contribution in [-0.2, 0) is 9.84 Å². The van der Waals surface area contributed by atoms with E-state index >= 15 is 0 Å². The average Bonchev–Trinajstić information content (AvgIpc) is 3.63. The number of carbonyl (C=O) groups is 2. The Morgan fingerprint density at radius 2 is 1.89 bits per heavy atom. The van der Waals surface area contributed by atoms with Crippen molar-refractivity contribution >= 4 is 38.4 Å². The van der Waals surface area contributed by atoms with E-state index in [1.165, 1.54) is 7.11 Å². The summed E-state index contributed by atoms with van der Waals surface area (Å²) in [5.74, 6) is 0.682. The molecule has 0 unspecified atom stereocenters. The zero-order chi connectivity index (χ0) is 25.9. The topological polar surface area (TPSA) is 136 Å². The Morgan fingerprint density at radius 3 is 2.56 bits per heavy atom. The Morgan fingerprint density at radius 1 is 1.11 bits per heavy atom. The molecule has 0 bridgehead atoms. The Bertz CT molecular complexity index is 1420. The first kappa shape index (κ1) is 25.2. The number of hydrogen-bond donors (Lipinski definition) is 3. The second-order valence-corrected chi connectivity index (χ2v) is 11.0. The van der Waals surface area contributed by atoms with Crippen LogP contribution in [0.25, 0.3) is 10.9 Å². The number of hydrogen-bond acceptors (Lipinski definition) is 7. The normalized spacial score (nSPS) is 13.2. The zero-order valence-electron chi connectivity index (χ0n) is 20.3. The molecule has 3 aromatic rings. The molecule has 1 heterocycles. The predicted molar refractivity (Wildman–Crippen MR) is 137 cm³/mol. The summed E-state index contributed by atoms with van der Waals surface area (Å²) in [6.45, 7) is 1.85. The fraction of sp³-hybridized carbons (Fsp3) is 0.320. The first-order valence-corrected chi connectivity index (χ1v) is 13.5. The molecule has 1 aliphatic carbocycles. The molecule has 1 aliphatic rings. The molecular weight excluding hydrogens is 484 g/mol. The number of carbonyl (C=O) groups excluding carboxylic acids is 2. The lowest BCUT2D eigenvalue weighted by atomic mass is 10.1. The fourth-order valence-corrected chi connectivity index (χ4v) is 4.04. The number of urea groups is 1. The second kappa shape index (κ2) is 10.4. The molecule has 3 amide bonds. The molecule has 190 valence electrons. The van der Waals surface area contributed by atoms with Crippen LogP contribution in [0.4, 0.5) is 10.5 Å². The Hall–Kier alpha value is -3.86. The third-order valence-electron chi connectivity index (χ3n) is 5.61. The van der Waals surface area contributed by atoms with Crippen LogP contribution < -0.4 is 25.4 Å². The number of nitrogens with one attached hydrogen (secondary N) is 3. The van der Waals surface area contributed by atoms with Crippen molar-refractivity contribution in [3.8, 4) is 17.2 Å². The van der Waals surface area contributed by atoms with E-state index in [2.05, 4.69) is 20.9 Å². The highest BCUT2D eigenvalue weighted by molar-refractivity contribution is 7.90. The number of aromatic nitrogens is 1. The summed E-state index contributed by atoms with van der Waals surface area (Å²) in [4.78, 5) is 29.2. The molecule has 0 atom stereocenters. The van der Waals surface area contributed by atoms with E-state index in [1.807, 2.05) is 6.92 Å². The molecule has 0 saturated heterocycles. The molecule has 11 heteroatoms. The molecule has 2 aromatic carbocycles. The number of rotatable bonds is 9. The average molecular weight is 513 g/mol. The van der Waals surface area contributed by atoms with Crippen LogP contribution in [-0.4, -0.2) is 57.0 Å². The van der Waals surface area contributed by atoms with Crippen molar-refractivity contribution in [2.75, 3.05) is 31.0 Å². The molecule has 4 rings (SSSR count). The molecule has 0 aliphatic heterocycles. The third-order valence-corrected chi connectivity index (χ3v) is 6.56. The number of methoxy groups -OCH3 is 1. The van der Waals surface area contributed by atoms with Gasteiger partial charge in [-0.3, -0.25) is 9.78 Å². The molecule has 10 nitrogen and oxygen atoms in total. The minimum atomic E-state index is -3.21. The Balaban J connectivity index is 1.56. The van der Waals surface area contributed by atoms with Crippen LogP contribution in [0, 0.1) is 6.92 Å². The molecule has 3 N–H and O–H groups in total. The minimum absolute atomic E-state index is 0.0202. The highest BCUT2D eigenvalue weighted by Crippen LogP contribution is 2.34. The number of aryl methyl sites for hydroxylation is 1. The van der Waals surface area contributed by atoms with Crippen LogP contribution in [0.3, 0.4) is 0 Å². The van der Waals surface area contributed by atoms with Gasteiger partial charge in [-0.05, 0) is 55.7 Å². The van der Waals surface area contributed by atoms with Gasteiger partial charge in [0, 0.05) is 42.2 Å². The molecule has 0 spiro atoms. The SMILES string of the molecule is COc1cc2nccc(Oc3ccc(NC(=O)NC4CC4)c(C)c3)c2cc1C(=O)NCCS(C)(=O)=O. The summed E-state index contributed by atoms with van der Waals surface area (Å²) in [6.07, 6.45) is 4.72. The number of benzene rings is 2. The van der Waals surface area contributed by atoms with Gasteiger partial charge in [-0.25, -0.2) is 13.2 Å². The predicted octanol–water partition coefficient (Wildman–Crippen LogP) is 3.40. The summed E-state index contributed by atoms with van der Waals surface area (Å²) in [5, 5.41) is 8.92. The highest BCUT2D eigenvalue weighted by atomic mass is 32.2. The lowest BCUT2D eigenvalue weighted by molar-refractivity contribution is 0.0953. The van der Waals surface area contributed by atoms with E-state index in [9.17, 15) is 18.0 Å². The molecular formula is C25H28N4O6S. The van der Waals surface area contributed by atoms with Crippen molar-refractivity contribution in [2.45, 2.75) is 25.8 Å². The van der Waals surface area contributed by atoms with Gasteiger partial charge in [0.05, 0.1) is 23.9 Å². The van der Waals surface area contributed by atoms with E-state index in [-0.39, 0.29) is 29.9 Å². The van der Waals surface area contributed by atoms with E-state index in [0.717, 1.165) is 24.7 Å². The first-order valence-electron chi connectivity index (χ1n) is 11.4. The standard InChI is InChI=1S/C25H28N4O6S/c1-15-12-17(6-7-20(15)29-25(31)28-16-4-5-16)35-22-8-9-26-21-14-23(34-2)19(13-18(21)22)24(30)27-10-11-36(3,32)33/h6-9,12-14,16H,4-5,10-11H2,1-3H3,(H,27,30)(H2,28,29,31). The van der Waals surface area contributed by atoms with E-state index in [0.29, 0.717) is 33.8 Å². The number of fused-ring (bicyclic) bond motifs is 1. The van der Waals surface area contributed by atoms with Crippen molar-refractivity contribution in [1.82, 2.24) is 15.6 Å². The molecule has 1 fully saturated rings. The maximum atomic E-state index is 12.8. The van der Waals surface area contributed by atoms with Crippen molar-refractivity contribution in [2.24, 2.45) is 0 Å². The summed E-state index contributed by atoms with van der Waals surface area (Å²) in [6, 6.07) is 10.3. The van der Waals surface area contributed by atoms with Crippen molar-refractivity contribution < 1.29 is 27.5 Å². The summed E-state index contributed by atoms with van der Waals surface area (Å²) in [7, 11) is -1.77. The second-order valence-electron chi connectivity index (χ2n) is 8.72. The van der Waals surface area contributed by atoms with E-state index in [1.54, 1.807) is 42.6 Å². The lowest BCUT2D eigenvalue weighted by Crippen LogP contribution is -2.30. The van der Waals surface area contributed by atoms with Gasteiger partial charge in [-0.1, -0.05) is 0 Å². The van der Waals surface area contributed by atoms with Gasteiger partial charge in [0.15, 0.2) is 0 Å². The molecule has 36 heavy (non-hydrogen) atoms. The number of sulfone groups is 1. The van der Waals surface area contributed by atoms with Crippen LogP contribution >= 0.6 is 0 Å². The quantitative estimate of drug-likeness (QED) is 0.400. The van der Waals surface area contributed by atoms with Gasteiger partial charge in [0.1, 0.15) is 27.1 Å². The van der Waals surface area contributed by atoms with Gasteiger partial charge >= 0.3 is 6.03 Å². The van der Waals surface area contributed by atoms with Crippen molar-refractivity contribution in [3.63, 3.8) is 0 Å². The molecule has 1 saturated carbocycles. The van der Waals surface area contributed by atoms with E-state index in [4.69, 9.17) is 9.47 Å². The van der Waals surface area contributed by atoms with Gasteiger partial charge in [0.2, 0.25) is 0 Å². The third kappa shape index (κ3) is 6.42. The van der Waals surface area contributed by atoms with Crippen LogP contribution in [0.2, 0.25) is 0 Å². The van der Waals surface area contributed by atoms with Gasteiger partial charge in [-0.15, -0.1) is 0 Å². The van der Waals surface area contributed by atoms with Gasteiger partial charge < -0.3 is 25.4 Å².